The average Bonchev–Trinajstić information content (AvgIpc) is 2.11. The molecule has 0 saturated carbocycles. The van der Waals surface area contributed by atoms with Crippen molar-refractivity contribution in [2.24, 2.45) is 5.73 Å². The molecule has 0 unspecified atom stereocenters. The van der Waals surface area contributed by atoms with Crippen molar-refractivity contribution in [3.05, 3.63) is 0 Å². The minimum absolute atomic E-state index is 0.724. The molecule has 0 spiro atoms. The Morgan fingerprint density at radius 1 is 1.06 bits per heavy atom. The summed E-state index contributed by atoms with van der Waals surface area (Å²) in [5, 5.41) is 26.7. The van der Waals surface area contributed by atoms with Gasteiger partial charge in [-0.05, 0) is 0 Å². The maximum absolute atomic E-state index is 11.1. The van der Waals surface area contributed by atoms with Crippen molar-refractivity contribution in [1.29, 1.82) is 0 Å². The van der Waals surface area contributed by atoms with Gasteiger partial charge < -0.3 is 26.4 Å². The number of carbonyl (C=O) groups excluding carboxylic acids is 1. The summed E-state index contributed by atoms with van der Waals surface area (Å²) in [5.74, 6) is -6.06. The van der Waals surface area contributed by atoms with E-state index in [4.69, 9.17) is 21.1 Å². The van der Waals surface area contributed by atoms with Crippen LogP contribution in [0.3, 0.4) is 0 Å². The van der Waals surface area contributed by atoms with Gasteiger partial charge in [-0.3, -0.25) is 9.59 Å². The molecule has 0 aliphatic heterocycles. The van der Waals surface area contributed by atoms with E-state index in [1.165, 1.54) is 0 Å². The van der Waals surface area contributed by atoms with Gasteiger partial charge in [-0.25, -0.2) is 9.59 Å². The zero-order valence-electron chi connectivity index (χ0n) is 7.91. The lowest BCUT2D eigenvalue weighted by molar-refractivity contribution is -0.153. The second-order valence-corrected chi connectivity index (χ2v) is 2.82. The summed E-state index contributed by atoms with van der Waals surface area (Å²) >= 11 is 0. The maximum atomic E-state index is 11.1. The largest absolute Gasteiger partial charge is 0.481 e. The molecule has 0 aromatic heterocycles. The van der Waals surface area contributed by atoms with Crippen LogP contribution in [0.2, 0.25) is 0 Å². The molecule has 0 aromatic carbocycles. The van der Waals surface area contributed by atoms with Gasteiger partial charge in [0.1, 0.15) is 0 Å². The minimum Gasteiger partial charge on any atom is -0.481 e. The van der Waals surface area contributed by atoms with Gasteiger partial charge in [0, 0.05) is 0 Å². The van der Waals surface area contributed by atoms with Crippen molar-refractivity contribution in [3.8, 4) is 0 Å². The molecule has 9 nitrogen and oxygen atoms in total. The van der Waals surface area contributed by atoms with Crippen molar-refractivity contribution < 1.29 is 34.5 Å². The number of carboxylic acids is 3. The third-order valence-corrected chi connectivity index (χ3v) is 1.51. The van der Waals surface area contributed by atoms with E-state index in [2.05, 4.69) is 0 Å². The molecule has 90 valence electrons. The van der Waals surface area contributed by atoms with Gasteiger partial charge in [0.2, 0.25) is 11.9 Å². The van der Waals surface area contributed by atoms with Crippen LogP contribution in [0.5, 0.6) is 0 Å². The summed E-state index contributed by atoms with van der Waals surface area (Å²) in [4.78, 5) is 42.0. The second-order valence-electron chi connectivity index (χ2n) is 2.82. The third kappa shape index (κ3) is 4.37. The van der Waals surface area contributed by atoms with Crippen LogP contribution < -0.4 is 11.1 Å². The first kappa shape index (κ1) is 13.8. The van der Waals surface area contributed by atoms with Crippen LogP contribution >= 0.6 is 0 Å². The predicted octanol–water partition coefficient (Wildman–Crippen LogP) is -2.56. The summed E-state index contributed by atoms with van der Waals surface area (Å²) in [5.41, 5.74) is 5.09. The van der Waals surface area contributed by atoms with Crippen LogP contribution in [0.15, 0.2) is 0 Å². The molecule has 0 saturated heterocycles. The van der Waals surface area contributed by atoms with Crippen molar-refractivity contribution in [1.82, 2.24) is 5.32 Å². The lowest BCUT2D eigenvalue weighted by Crippen LogP contribution is -2.52. The Balaban J connectivity index is 4.46. The van der Waals surface area contributed by atoms with Crippen molar-refractivity contribution in [3.63, 3.8) is 0 Å². The molecule has 0 heterocycles. The predicted molar refractivity (Wildman–Crippen MR) is 47.4 cm³/mol. The highest BCUT2D eigenvalue weighted by Gasteiger charge is 2.29. The Morgan fingerprint density at radius 2 is 1.50 bits per heavy atom. The average molecular weight is 234 g/mol. The van der Waals surface area contributed by atoms with Gasteiger partial charge in [0.05, 0.1) is 12.5 Å². The van der Waals surface area contributed by atoms with E-state index >= 15 is 0 Å². The molecular formula is C7H10N2O7. The van der Waals surface area contributed by atoms with Crippen LogP contribution in [-0.4, -0.2) is 51.2 Å². The van der Waals surface area contributed by atoms with Gasteiger partial charge in [0.25, 0.3) is 0 Å². The fraction of sp³-hybridized carbons (Fsp3) is 0.429. The van der Waals surface area contributed by atoms with E-state index in [-0.39, 0.29) is 0 Å². The number of carbonyl (C=O) groups is 4. The first-order valence-electron chi connectivity index (χ1n) is 3.99. The Bertz CT molecular complexity index is 313. The Morgan fingerprint density at radius 3 is 1.81 bits per heavy atom. The number of carboxylic acid groups (broad SMARTS) is 3. The number of hydrogen-bond donors (Lipinski definition) is 5. The zero-order valence-corrected chi connectivity index (χ0v) is 7.91. The third-order valence-electron chi connectivity index (χ3n) is 1.51. The number of nitrogens with one attached hydrogen (secondary N) is 1. The maximum Gasteiger partial charge on any atom is 0.338 e. The second kappa shape index (κ2) is 5.66. The highest BCUT2D eigenvalue weighted by molar-refractivity contribution is 6.01. The van der Waals surface area contributed by atoms with Gasteiger partial charge in [0.15, 0.2) is 0 Å². The van der Waals surface area contributed by atoms with Crippen molar-refractivity contribution in [2.45, 2.75) is 18.5 Å². The molecule has 1 amide bonds. The van der Waals surface area contributed by atoms with Crippen LogP contribution in [0.1, 0.15) is 6.42 Å². The first-order valence-corrected chi connectivity index (χ1v) is 3.99. The molecule has 0 aromatic rings. The molecule has 1 atom stereocenters. The summed E-state index contributed by atoms with van der Waals surface area (Å²) in [6, 6.07) is -3.65. The van der Waals surface area contributed by atoms with Gasteiger partial charge in [-0.15, -0.1) is 0 Å². The fourth-order valence-electron chi connectivity index (χ4n) is 0.759. The fourth-order valence-corrected chi connectivity index (χ4v) is 0.759. The van der Waals surface area contributed by atoms with E-state index in [1.807, 2.05) is 0 Å². The molecule has 0 aliphatic rings. The Hall–Kier alpha value is -2.16. The lowest BCUT2D eigenvalue weighted by Gasteiger charge is -2.13. The molecule has 0 aliphatic carbocycles. The van der Waals surface area contributed by atoms with Gasteiger partial charge in [-0.2, -0.15) is 0 Å². The summed E-state index contributed by atoms with van der Waals surface area (Å²) in [6.07, 6.45) is -0.724. The van der Waals surface area contributed by atoms with Crippen molar-refractivity contribution >= 4 is 23.8 Å². The van der Waals surface area contributed by atoms with Crippen LogP contribution in [0, 0.1) is 0 Å². The first-order chi connectivity index (χ1) is 7.25. The topological polar surface area (TPSA) is 167 Å². The van der Waals surface area contributed by atoms with Gasteiger partial charge >= 0.3 is 17.9 Å². The van der Waals surface area contributed by atoms with Crippen LogP contribution in [0.25, 0.3) is 0 Å². The number of amides is 1. The number of rotatable bonds is 6. The van der Waals surface area contributed by atoms with E-state index in [0.717, 1.165) is 0 Å². The highest BCUT2D eigenvalue weighted by Crippen LogP contribution is 1.91. The summed E-state index contributed by atoms with van der Waals surface area (Å²) in [6.45, 7) is 0. The number of nitrogens with two attached hydrogens (primary N) is 1. The number of hydrogen-bond acceptors (Lipinski definition) is 5. The number of aliphatic carboxylic acids is 3. The molecule has 0 bridgehead atoms. The van der Waals surface area contributed by atoms with Gasteiger partial charge in [-0.1, -0.05) is 0 Å². The molecular weight excluding hydrogens is 224 g/mol. The zero-order chi connectivity index (χ0) is 12.9. The molecule has 16 heavy (non-hydrogen) atoms. The SMILES string of the molecule is N[C@@H](CC(=O)O)C(=O)NC(C(=O)O)C(=O)O. The summed E-state index contributed by atoms with van der Waals surface area (Å²) in [7, 11) is 0. The normalized spacial score (nSPS) is 11.9. The standard InChI is InChI=1S/C7H10N2O7/c8-2(1-3(10)11)5(12)9-4(6(13)14)7(15)16/h2,4H,1,8H2,(H,9,12)(H,10,11)(H,13,14)(H,15,16)/t2-/m0/s1. The Kier molecular flexibility index (Phi) is 4.89. The minimum atomic E-state index is -2.15. The molecule has 0 radical (unpaired) electrons. The van der Waals surface area contributed by atoms with E-state index in [9.17, 15) is 19.2 Å². The lowest BCUT2D eigenvalue weighted by atomic mass is 10.2. The molecule has 0 fully saturated rings. The Labute approximate surface area is 88.8 Å². The molecule has 6 N–H and O–H groups in total. The summed E-state index contributed by atoms with van der Waals surface area (Å²) < 4.78 is 0. The highest BCUT2D eigenvalue weighted by atomic mass is 16.4. The van der Waals surface area contributed by atoms with Crippen LogP contribution in [0.4, 0.5) is 0 Å². The molecule has 0 rings (SSSR count). The molecule has 9 heteroatoms. The van der Waals surface area contributed by atoms with Crippen LogP contribution in [-0.2, 0) is 19.2 Å². The smallest absolute Gasteiger partial charge is 0.338 e. The van der Waals surface area contributed by atoms with E-state index in [0.29, 0.717) is 0 Å². The quantitative estimate of drug-likeness (QED) is 0.313. The van der Waals surface area contributed by atoms with Crippen molar-refractivity contribution in [2.75, 3.05) is 0 Å². The monoisotopic (exact) mass is 234 g/mol. The van der Waals surface area contributed by atoms with E-state index < -0.39 is 42.3 Å². The van der Waals surface area contributed by atoms with E-state index in [1.54, 1.807) is 5.32 Å².